The van der Waals surface area contributed by atoms with Gasteiger partial charge in [-0.3, -0.25) is 13.9 Å². The Morgan fingerprint density at radius 1 is 1.20 bits per heavy atom. The van der Waals surface area contributed by atoms with Crippen LogP contribution in [0.2, 0.25) is 0 Å². The molecule has 2 aromatic heterocycles. The standard InChI is InChI=1S/C13H18N4O8/c1-15-9-6(10(21)16(2)13(15)22)17(12(14-9)23-3)25-11-8(20)7(19)5(4-18)24-11/h5,7-8,11,18-20H,4H2,1-3H3/t5-,7-,8-,11-/m1/s1. The first-order chi connectivity index (χ1) is 11.8. The minimum atomic E-state index is -1.48. The average Bonchev–Trinajstić information content (AvgIpc) is 3.10. The molecule has 0 aliphatic carbocycles. The molecule has 1 aliphatic heterocycles. The number of fused-ring (bicyclic) bond motifs is 1. The molecule has 1 saturated heterocycles. The number of aryl methyl sites for hydroxylation is 1. The Balaban J connectivity index is 2.13. The molecule has 0 bridgehead atoms. The zero-order valence-electron chi connectivity index (χ0n) is 13.7. The van der Waals surface area contributed by atoms with Gasteiger partial charge < -0.3 is 29.6 Å². The van der Waals surface area contributed by atoms with Gasteiger partial charge in [0.2, 0.25) is 0 Å². The zero-order chi connectivity index (χ0) is 18.5. The fourth-order valence-corrected chi connectivity index (χ4v) is 2.64. The van der Waals surface area contributed by atoms with Crippen LogP contribution in [-0.2, 0) is 18.8 Å². The van der Waals surface area contributed by atoms with Crippen molar-refractivity contribution in [2.45, 2.75) is 24.6 Å². The van der Waals surface area contributed by atoms with E-state index in [1.165, 1.54) is 21.2 Å². The monoisotopic (exact) mass is 358 g/mol. The maximum Gasteiger partial charge on any atom is 0.333 e. The number of rotatable bonds is 4. The third-order valence-corrected chi connectivity index (χ3v) is 4.08. The SMILES string of the molecule is COc1nc2c(c(=O)n(C)c(=O)n2C)n1O[C@H]1O[C@H](CO)[C@@H](O)[C@H]1O. The quantitative estimate of drug-likeness (QED) is 0.502. The molecule has 0 radical (unpaired) electrons. The Hall–Kier alpha value is -2.41. The minimum absolute atomic E-state index is 0.0108. The lowest BCUT2D eigenvalue weighted by molar-refractivity contribution is -0.171. The summed E-state index contributed by atoms with van der Waals surface area (Å²) in [5.41, 5.74) is -1.38. The largest absolute Gasteiger partial charge is 0.466 e. The molecule has 138 valence electrons. The van der Waals surface area contributed by atoms with Gasteiger partial charge in [-0.2, -0.15) is 4.98 Å². The average molecular weight is 358 g/mol. The molecule has 0 spiro atoms. The normalized spacial score (nSPS) is 26.3. The molecular weight excluding hydrogens is 340 g/mol. The third kappa shape index (κ3) is 2.50. The number of ether oxygens (including phenoxy) is 2. The van der Waals surface area contributed by atoms with Crippen LogP contribution in [0.4, 0.5) is 0 Å². The summed E-state index contributed by atoms with van der Waals surface area (Å²) in [6.45, 7) is -0.532. The van der Waals surface area contributed by atoms with Crippen molar-refractivity contribution in [1.82, 2.24) is 18.8 Å². The van der Waals surface area contributed by atoms with Crippen molar-refractivity contribution in [1.29, 1.82) is 0 Å². The van der Waals surface area contributed by atoms with Crippen LogP contribution in [0.15, 0.2) is 9.59 Å². The lowest BCUT2D eigenvalue weighted by atomic mass is 10.1. The van der Waals surface area contributed by atoms with Crippen LogP contribution < -0.4 is 20.8 Å². The molecule has 0 aromatic carbocycles. The summed E-state index contributed by atoms with van der Waals surface area (Å²) in [7, 11) is 3.99. The van der Waals surface area contributed by atoms with Crippen LogP contribution in [0, 0.1) is 0 Å². The summed E-state index contributed by atoms with van der Waals surface area (Å²) < 4.78 is 13.2. The summed E-state index contributed by atoms with van der Waals surface area (Å²) in [6, 6.07) is -0.161. The Kier molecular flexibility index (Phi) is 4.28. The van der Waals surface area contributed by atoms with E-state index in [1.807, 2.05) is 0 Å². The van der Waals surface area contributed by atoms with E-state index in [-0.39, 0.29) is 17.2 Å². The van der Waals surface area contributed by atoms with Gasteiger partial charge in [0.15, 0.2) is 11.2 Å². The number of nitrogens with zero attached hydrogens (tertiary/aromatic N) is 4. The number of aromatic nitrogens is 4. The third-order valence-electron chi connectivity index (χ3n) is 4.08. The minimum Gasteiger partial charge on any atom is -0.466 e. The van der Waals surface area contributed by atoms with Crippen LogP contribution in [-0.4, -0.2) is 72.5 Å². The highest BCUT2D eigenvalue weighted by atomic mass is 16.8. The topological polar surface area (TPSA) is 150 Å². The molecule has 0 amide bonds. The van der Waals surface area contributed by atoms with E-state index in [0.717, 1.165) is 13.9 Å². The lowest BCUT2D eigenvalue weighted by Crippen LogP contribution is -2.41. The maximum atomic E-state index is 12.5. The molecule has 1 fully saturated rings. The number of hydrogen-bond donors (Lipinski definition) is 3. The van der Waals surface area contributed by atoms with Gasteiger partial charge in [0.25, 0.3) is 11.8 Å². The van der Waals surface area contributed by atoms with Crippen LogP contribution in [0.5, 0.6) is 6.01 Å². The van der Waals surface area contributed by atoms with Crippen molar-refractivity contribution >= 4 is 11.2 Å². The second-order valence-corrected chi connectivity index (χ2v) is 5.58. The molecule has 25 heavy (non-hydrogen) atoms. The van der Waals surface area contributed by atoms with E-state index < -0.39 is 42.5 Å². The van der Waals surface area contributed by atoms with Gasteiger partial charge in [-0.25, -0.2) is 4.79 Å². The molecule has 3 heterocycles. The fourth-order valence-electron chi connectivity index (χ4n) is 2.64. The first-order valence-electron chi connectivity index (χ1n) is 7.33. The number of imidazole rings is 1. The zero-order valence-corrected chi connectivity index (χ0v) is 13.7. The van der Waals surface area contributed by atoms with Crippen molar-refractivity contribution in [3.8, 4) is 6.01 Å². The van der Waals surface area contributed by atoms with Crippen molar-refractivity contribution in [2.75, 3.05) is 13.7 Å². The van der Waals surface area contributed by atoms with Crippen molar-refractivity contribution in [3.63, 3.8) is 0 Å². The van der Waals surface area contributed by atoms with Gasteiger partial charge >= 0.3 is 11.7 Å². The van der Waals surface area contributed by atoms with Crippen molar-refractivity contribution < 1.29 is 29.6 Å². The van der Waals surface area contributed by atoms with Gasteiger partial charge in [0.05, 0.1) is 13.7 Å². The van der Waals surface area contributed by atoms with Crippen LogP contribution >= 0.6 is 0 Å². The van der Waals surface area contributed by atoms with Gasteiger partial charge in [-0.1, -0.05) is 0 Å². The molecular formula is C13H18N4O8. The molecule has 0 saturated carbocycles. The number of aliphatic hydroxyl groups is 3. The summed E-state index contributed by atoms with van der Waals surface area (Å²) in [6.07, 6.45) is -5.29. The Morgan fingerprint density at radius 3 is 2.44 bits per heavy atom. The van der Waals surface area contributed by atoms with Gasteiger partial charge in [0.1, 0.15) is 18.3 Å². The van der Waals surface area contributed by atoms with Gasteiger partial charge in [-0.15, -0.1) is 4.73 Å². The molecule has 1 aliphatic rings. The van der Waals surface area contributed by atoms with E-state index in [2.05, 4.69) is 4.98 Å². The number of aliphatic hydroxyl groups excluding tert-OH is 3. The van der Waals surface area contributed by atoms with Crippen LogP contribution in [0.25, 0.3) is 11.2 Å². The predicted octanol–water partition coefficient (Wildman–Crippen LogP) is -3.69. The lowest BCUT2D eigenvalue weighted by Gasteiger charge is -2.17. The van der Waals surface area contributed by atoms with E-state index in [9.17, 15) is 19.8 Å². The van der Waals surface area contributed by atoms with Crippen molar-refractivity contribution in [3.05, 3.63) is 20.8 Å². The Morgan fingerprint density at radius 2 is 1.88 bits per heavy atom. The summed E-state index contributed by atoms with van der Waals surface area (Å²) in [5.74, 6) is 0. The summed E-state index contributed by atoms with van der Waals surface area (Å²) >= 11 is 0. The highest BCUT2D eigenvalue weighted by Gasteiger charge is 2.45. The molecule has 2 aromatic rings. The van der Waals surface area contributed by atoms with Crippen LogP contribution in [0.1, 0.15) is 0 Å². The highest BCUT2D eigenvalue weighted by molar-refractivity contribution is 5.71. The van der Waals surface area contributed by atoms with E-state index in [0.29, 0.717) is 0 Å². The van der Waals surface area contributed by atoms with Gasteiger partial charge in [-0.05, 0) is 0 Å². The van der Waals surface area contributed by atoms with E-state index in [1.54, 1.807) is 0 Å². The Bertz CT molecular complexity index is 915. The first kappa shape index (κ1) is 17.4. The molecule has 12 heteroatoms. The fraction of sp³-hybridized carbons (Fsp3) is 0.615. The number of hydrogen-bond acceptors (Lipinski definition) is 9. The smallest absolute Gasteiger partial charge is 0.333 e. The van der Waals surface area contributed by atoms with Crippen molar-refractivity contribution in [2.24, 2.45) is 14.1 Å². The second kappa shape index (κ2) is 6.15. The highest BCUT2D eigenvalue weighted by Crippen LogP contribution is 2.23. The molecule has 0 unspecified atom stereocenters. The molecule has 4 atom stereocenters. The van der Waals surface area contributed by atoms with Crippen LogP contribution in [0.3, 0.4) is 0 Å². The molecule has 3 N–H and O–H groups in total. The number of methoxy groups -OCH3 is 1. The second-order valence-electron chi connectivity index (χ2n) is 5.58. The molecule has 3 rings (SSSR count). The maximum absolute atomic E-state index is 12.5. The van der Waals surface area contributed by atoms with E-state index in [4.69, 9.17) is 19.4 Å². The van der Waals surface area contributed by atoms with Gasteiger partial charge in [0, 0.05) is 14.1 Å². The summed E-state index contributed by atoms with van der Waals surface area (Å²) in [4.78, 5) is 33.9. The summed E-state index contributed by atoms with van der Waals surface area (Å²) in [5, 5.41) is 28.9. The Labute approximate surface area is 140 Å². The van der Waals surface area contributed by atoms with E-state index >= 15 is 0 Å². The predicted molar refractivity (Wildman–Crippen MR) is 81.1 cm³/mol. The molecule has 12 nitrogen and oxygen atoms in total. The first-order valence-corrected chi connectivity index (χ1v) is 7.33.